The highest BCUT2D eigenvalue weighted by molar-refractivity contribution is 5.84. The number of hydrogen-bond donors (Lipinski definition) is 0. The van der Waals surface area contributed by atoms with Crippen LogP contribution in [0.5, 0.6) is 11.5 Å². The van der Waals surface area contributed by atoms with E-state index in [1.807, 2.05) is 62.4 Å². The van der Waals surface area contributed by atoms with Crippen molar-refractivity contribution in [2.24, 2.45) is 0 Å². The lowest BCUT2D eigenvalue weighted by Gasteiger charge is -2.16. The molecule has 5 aromatic rings. The quantitative estimate of drug-likeness (QED) is 0.140. The minimum absolute atomic E-state index is 0.463. The highest BCUT2D eigenvalue weighted by atomic mass is 16.5. The van der Waals surface area contributed by atoms with Crippen LogP contribution < -0.4 is 9.47 Å². The summed E-state index contributed by atoms with van der Waals surface area (Å²) in [5.41, 5.74) is 8.15. The van der Waals surface area contributed by atoms with Gasteiger partial charge in [-0.2, -0.15) is 0 Å². The molecule has 2 heterocycles. The van der Waals surface area contributed by atoms with Crippen molar-refractivity contribution in [1.82, 2.24) is 19.9 Å². The van der Waals surface area contributed by atoms with E-state index in [0.29, 0.717) is 35.1 Å². The molecule has 2 aromatic heterocycles. The maximum atomic E-state index is 6.40. The van der Waals surface area contributed by atoms with Gasteiger partial charge in [-0.25, -0.2) is 9.97 Å². The second kappa shape index (κ2) is 13.3. The summed E-state index contributed by atoms with van der Waals surface area (Å²) in [7, 11) is 0. The molecule has 0 aliphatic heterocycles. The lowest BCUT2D eigenvalue weighted by Crippen LogP contribution is -2.02. The lowest BCUT2D eigenvalue weighted by molar-refractivity contribution is 0.306. The topological polar surface area (TPSA) is 70.0 Å². The Balaban J connectivity index is 1.65. The van der Waals surface area contributed by atoms with E-state index in [1.165, 1.54) is 0 Å². The molecule has 0 aliphatic carbocycles. The van der Waals surface area contributed by atoms with Crippen LogP contribution in [-0.4, -0.2) is 26.5 Å². The largest absolute Gasteiger partial charge is 0.493 e. The van der Waals surface area contributed by atoms with E-state index in [0.717, 1.165) is 64.4 Å². The summed E-state index contributed by atoms with van der Waals surface area (Å²) in [6.45, 7) is 6.82. The Labute approximate surface area is 246 Å². The molecule has 0 bridgehead atoms. The van der Waals surface area contributed by atoms with E-state index in [-0.39, 0.29) is 0 Å². The Morgan fingerprint density at radius 1 is 0.690 bits per heavy atom. The summed E-state index contributed by atoms with van der Waals surface area (Å²) in [6, 6.07) is 15.8. The van der Waals surface area contributed by atoms with Crippen LogP contribution >= 0.6 is 0 Å². The summed E-state index contributed by atoms with van der Waals surface area (Å²) in [5, 5.41) is 0. The number of terminal acetylenes is 1. The summed E-state index contributed by atoms with van der Waals surface area (Å²) in [6.07, 6.45) is 15.7. The van der Waals surface area contributed by atoms with Gasteiger partial charge in [0, 0.05) is 23.0 Å². The molecule has 42 heavy (non-hydrogen) atoms. The van der Waals surface area contributed by atoms with Crippen molar-refractivity contribution in [2.75, 3.05) is 6.61 Å². The Morgan fingerprint density at radius 3 is 1.93 bits per heavy atom. The van der Waals surface area contributed by atoms with Crippen LogP contribution in [0.4, 0.5) is 0 Å². The van der Waals surface area contributed by atoms with Crippen LogP contribution in [0.2, 0.25) is 0 Å². The fourth-order valence-electron chi connectivity index (χ4n) is 4.55. The average molecular weight is 551 g/mol. The van der Waals surface area contributed by atoms with Crippen LogP contribution in [0.15, 0.2) is 60.9 Å². The van der Waals surface area contributed by atoms with Crippen LogP contribution in [0.1, 0.15) is 43.7 Å². The van der Waals surface area contributed by atoms with E-state index >= 15 is 0 Å². The predicted octanol–water partition coefficient (Wildman–Crippen LogP) is 7.46. The average Bonchev–Trinajstić information content (AvgIpc) is 3.00. The Bertz CT molecular complexity index is 1930. The molecule has 206 valence electrons. The maximum absolute atomic E-state index is 6.40. The second-order valence-corrected chi connectivity index (χ2v) is 9.97. The van der Waals surface area contributed by atoms with Crippen molar-refractivity contribution >= 4 is 22.1 Å². The summed E-state index contributed by atoms with van der Waals surface area (Å²) in [5.74, 6) is 11.0. The molecule has 0 saturated carbocycles. The first-order valence-corrected chi connectivity index (χ1v) is 14.0. The summed E-state index contributed by atoms with van der Waals surface area (Å²) < 4.78 is 12.3. The minimum atomic E-state index is 0.463. The molecule has 6 heteroatoms. The number of aryl methyl sites for hydroxylation is 2. The summed E-state index contributed by atoms with van der Waals surface area (Å²) >= 11 is 0. The molecule has 0 radical (unpaired) electrons. The number of aromatic nitrogens is 4. The number of benzene rings is 3. The maximum Gasteiger partial charge on any atom is 0.150 e. The SMILES string of the molecule is C#CC#CC#COc1cc(-c2cnc3cc(C)ccc3n2)c(OCCCCCC)cc1-c1cnc2cc(C)ccc2n1. The van der Waals surface area contributed by atoms with Crippen molar-refractivity contribution in [3.05, 3.63) is 72.1 Å². The fraction of sp³-hybridized carbons (Fsp3) is 0.222. The lowest BCUT2D eigenvalue weighted by atomic mass is 10.0. The number of nitrogens with zero attached hydrogens (tertiary/aromatic N) is 4. The van der Waals surface area contributed by atoms with Gasteiger partial charge in [-0.1, -0.05) is 38.3 Å². The first kappa shape index (κ1) is 28.2. The molecule has 0 unspecified atom stereocenters. The van der Waals surface area contributed by atoms with Crippen LogP contribution in [-0.2, 0) is 0 Å². The molecule has 0 atom stereocenters. The highest BCUT2D eigenvalue weighted by Gasteiger charge is 2.19. The van der Waals surface area contributed by atoms with Gasteiger partial charge in [-0.15, -0.1) is 6.42 Å². The standard InChI is InChI=1S/C36H30N4O2/c1-5-7-9-11-17-41-35-21-28(34-24-38-32-20-26(4)14-16-30(32)40-34)36(42-18-12-10-8-6-2)22-27(35)33-23-37-31-19-25(3)13-15-29(31)39-33/h1,13-16,19-24H,6,8,10,12,18H2,2-4H3. The van der Waals surface area contributed by atoms with Gasteiger partial charge < -0.3 is 9.47 Å². The third-order valence-corrected chi connectivity index (χ3v) is 6.69. The molecule has 0 saturated heterocycles. The third-order valence-electron chi connectivity index (χ3n) is 6.69. The zero-order valence-corrected chi connectivity index (χ0v) is 24.0. The number of rotatable bonds is 9. The molecule has 0 N–H and O–H groups in total. The number of hydrogen-bond acceptors (Lipinski definition) is 6. The van der Waals surface area contributed by atoms with Gasteiger partial charge >= 0.3 is 0 Å². The van der Waals surface area contributed by atoms with Gasteiger partial charge in [0.1, 0.15) is 11.9 Å². The Hall–Kier alpha value is -5.38. The van der Waals surface area contributed by atoms with Gasteiger partial charge in [0.25, 0.3) is 0 Å². The van der Waals surface area contributed by atoms with Crippen LogP contribution in [0.25, 0.3) is 44.6 Å². The van der Waals surface area contributed by atoms with Crippen molar-refractivity contribution < 1.29 is 9.47 Å². The molecule has 0 fully saturated rings. The first-order valence-electron chi connectivity index (χ1n) is 14.0. The molecule has 0 aliphatic rings. The van der Waals surface area contributed by atoms with E-state index in [1.54, 1.807) is 12.4 Å². The third kappa shape index (κ3) is 6.67. The Morgan fingerprint density at radius 2 is 1.31 bits per heavy atom. The van der Waals surface area contributed by atoms with Gasteiger partial charge in [0.2, 0.25) is 0 Å². The number of ether oxygens (including phenoxy) is 2. The molecule has 5 rings (SSSR count). The van der Waals surface area contributed by atoms with E-state index in [2.05, 4.69) is 46.7 Å². The second-order valence-electron chi connectivity index (χ2n) is 9.97. The minimum Gasteiger partial charge on any atom is -0.493 e. The molecular weight excluding hydrogens is 520 g/mol. The van der Waals surface area contributed by atoms with Gasteiger partial charge in [-0.05, 0) is 79.6 Å². The molecule has 0 spiro atoms. The van der Waals surface area contributed by atoms with Crippen molar-refractivity contribution in [2.45, 2.75) is 46.5 Å². The fourth-order valence-corrected chi connectivity index (χ4v) is 4.55. The monoisotopic (exact) mass is 550 g/mol. The Kier molecular flexibility index (Phi) is 8.93. The number of unbranched alkanes of at least 4 members (excludes halogenated alkanes) is 3. The van der Waals surface area contributed by atoms with Gasteiger partial charge in [0.15, 0.2) is 5.75 Å². The first-order chi connectivity index (χ1) is 20.6. The molecule has 6 nitrogen and oxygen atoms in total. The van der Waals surface area contributed by atoms with Crippen LogP contribution in [0, 0.1) is 50.1 Å². The zero-order chi connectivity index (χ0) is 29.3. The van der Waals surface area contributed by atoms with Crippen molar-refractivity contribution in [3.63, 3.8) is 0 Å². The van der Waals surface area contributed by atoms with E-state index in [9.17, 15) is 0 Å². The van der Waals surface area contributed by atoms with Crippen molar-refractivity contribution in [1.29, 1.82) is 0 Å². The predicted molar refractivity (Wildman–Crippen MR) is 168 cm³/mol. The summed E-state index contributed by atoms with van der Waals surface area (Å²) in [4.78, 5) is 19.1. The zero-order valence-electron chi connectivity index (χ0n) is 24.0. The molecular formula is C36H30N4O2. The normalized spacial score (nSPS) is 10.3. The highest BCUT2D eigenvalue weighted by Crippen LogP contribution is 2.40. The van der Waals surface area contributed by atoms with Gasteiger partial charge in [0.05, 0.1) is 52.5 Å². The van der Waals surface area contributed by atoms with E-state index < -0.39 is 0 Å². The molecule has 3 aromatic carbocycles. The number of fused-ring (bicyclic) bond motifs is 2. The van der Waals surface area contributed by atoms with Gasteiger partial charge in [-0.3, -0.25) is 9.97 Å². The van der Waals surface area contributed by atoms with Crippen molar-refractivity contribution in [3.8, 4) is 70.2 Å². The van der Waals surface area contributed by atoms with E-state index in [4.69, 9.17) is 25.9 Å². The molecule has 0 amide bonds. The smallest absolute Gasteiger partial charge is 0.150 e. The van der Waals surface area contributed by atoms with Crippen LogP contribution in [0.3, 0.4) is 0 Å².